The number of hydrogen-bond acceptors (Lipinski definition) is 8. The minimum Gasteiger partial charge on any atom is -0.364 e. The van der Waals surface area contributed by atoms with Crippen LogP contribution in [0.2, 0.25) is 0 Å². The first-order valence-electron chi connectivity index (χ1n) is 10.6. The molecule has 0 bridgehead atoms. The van der Waals surface area contributed by atoms with Crippen LogP contribution in [-0.4, -0.2) is 47.6 Å². The molecule has 1 saturated carbocycles. The Kier molecular flexibility index (Phi) is 7.45. The molecule has 0 aromatic carbocycles. The van der Waals surface area contributed by atoms with Gasteiger partial charge in [-0.15, -0.1) is 11.3 Å². The molecule has 36 heavy (non-hydrogen) atoms. The van der Waals surface area contributed by atoms with Crippen LogP contribution in [0.1, 0.15) is 38.5 Å². The zero-order chi connectivity index (χ0) is 26.1. The summed E-state index contributed by atoms with van der Waals surface area (Å²) in [5.74, 6) is -0.751. The number of aromatic nitrogens is 3. The highest BCUT2D eigenvalue weighted by molar-refractivity contribution is 7.84. The Morgan fingerprint density at radius 3 is 2.75 bits per heavy atom. The molecule has 3 atom stereocenters. The zero-order valence-corrected chi connectivity index (χ0v) is 20.1. The molecule has 3 aromatic heterocycles. The third-order valence-electron chi connectivity index (χ3n) is 5.62. The number of halogens is 4. The van der Waals surface area contributed by atoms with Crippen LogP contribution in [0.25, 0.3) is 0 Å². The van der Waals surface area contributed by atoms with Crippen molar-refractivity contribution in [1.82, 2.24) is 14.5 Å². The second kappa shape index (κ2) is 10.2. The van der Waals surface area contributed by atoms with E-state index in [1.54, 1.807) is 10.8 Å². The van der Waals surface area contributed by atoms with Crippen LogP contribution in [0, 0.1) is 5.92 Å². The van der Waals surface area contributed by atoms with Crippen molar-refractivity contribution in [2.24, 2.45) is 11.1 Å². The standard InChI is InChI=1S/C21H21F4N5O4S2/c22-16-5-12(10-34-36(26,32)33)6-17(16)29-20-15(7-27-11-28-20)19(31)13-3-4-30(8-13)9-14-1-2-18(35-14)21(23,24)25/h1-4,7-8,11-12,16-17H,5-6,9-10H2,(H2,26,32,33)(H,27,28,29)/t12-,16+,17-/m1/s1. The molecule has 15 heteroatoms. The van der Waals surface area contributed by atoms with Gasteiger partial charge >= 0.3 is 16.5 Å². The summed E-state index contributed by atoms with van der Waals surface area (Å²) in [6, 6.07) is 3.18. The summed E-state index contributed by atoms with van der Waals surface area (Å²) in [6.45, 7) is -0.104. The third-order valence-corrected chi connectivity index (χ3v) is 7.20. The number of hydrogen-bond donors (Lipinski definition) is 2. The maximum Gasteiger partial charge on any atom is 0.425 e. The first kappa shape index (κ1) is 26.2. The maximum atomic E-state index is 14.6. The van der Waals surface area contributed by atoms with Gasteiger partial charge in [0, 0.05) is 29.0 Å². The Balaban J connectivity index is 1.44. The van der Waals surface area contributed by atoms with E-state index in [0.29, 0.717) is 16.2 Å². The molecule has 4 rings (SSSR count). The minimum atomic E-state index is -4.41. The third kappa shape index (κ3) is 6.46. The summed E-state index contributed by atoms with van der Waals surface area (Å²) in [6.07, 6.45) is 0.0724. The topological polar surface area (TPSA) is 129 Å². The molecule has 1 fully saturated rings. The number of nitrogens with two attached hydrogens (primary N) is 1. The summed E-state index contributed by atoms with van der Waals surface area (Å²) >= 11 is 0.628. The zero-order valence-electron chi connectivity index (χ0n) is 18.5. The fourth-order valence-corrected chi connectivity index (χ4v) is 5.24. The quantitative estimate of drug-likeness (QED) is 0.310. The Labute approximate surface area is 207 Å². The number of anilines is 1. The van der Waals surface area contributed by atoms with Gasteiger partial charge in [-0.25, -0.2) is 19.5 Å². The van der Waals surface area contributed by atoms with Gasteiger partial charge in [0.15, 0.2) is 5.78 Å². The SMILES string of the molecule is NS(=O)(=O)OC[C@@H]1C[C@H](F)[C@H](Nc2ncncc2C(=O)c2ccn(Cc3ccc(C(F)(F)F)s3)c2)C1. The van der Waals surface area contributed by atoms with Gasteiger partial charge in [-0.05, 0) is 37.0 Å². The van der Waals surface area contributed by atoms with E-state index in [-0.39, 0.29) is 42.9 Å². The Hall–Kier alpha value is -2.88. The van der Waals surface area contributed by atoms with Gasteiger partial charge in [-0.3, -0.25) is 8.98 Å². The molecule has 9 nitrogen and oxygen atoms in total. The van der Waals surface area contributed by atoms with Gasteiger partial charge in [-0.1, -0.05) is 0 Å². The van der Waals surface area contributed by atoms with E-state index in [9.17, 15) is 30.8 Å². The molecular formula is C21H21F4N5O4S2. The van der Waals surface area contributed by atoms with E-state index in [4.69, 9.17) is 5.14 Å². The first-order chi connectivity index (χ1) is 16.9. The van der Waals surface area contributed by atoms with Gasteiger partial charge in [0.25, 0.3) is 0 Å². The van der Waals surface area contributed by atoms with Crippen LogP contribution in [-0.2, 0) is 27.2 Å². The highest BCUT2D eigenvalue weighted by Gasteiger charge is 2.36. The van der Waals surface area contributed by atoms with Crippen molar-refractivity contribution >= 4 is 33.2 Å². The molecule has 1 aliphatic rings. The largest absolute Gasteiger partial charge is 0.425 e. The average molecular weight is 548 g/mol. The predicted octanol–water partition coefficient (Wildman–Crippen LogP) is 3.39. The van der Waals surface area contributed by atoms with Crippen LogP contribution >= 0.6 is 11.3 Å². The van der Waals surface area contributed by atoms with E-state index in [2.05, 4.69) is 19.5 Å². The fourth-order valence-electron chi connectivity index (χ4n) is 3.97. The van der Waals surface area contributed by atoms with Crippen LogP contribution in [0.15, 0.2) is 43.1 Å². The lowest BCUT2D eigenvalue weighted by Crippen LogP contribution is -2.27. The number of nitrogens with one attached hydrogen (secondary N) is 1. The fraction of sp³-hybridized carbons (Fsp3) is 0.381. The Morgan fingerprint density at radius 1 is 1.28 bits per heavy atom. The maximum absolute atomic E-state index is 14.6. The number of thiophene rings is 1. The molecule has 0 unspecified atom stereocenters. The van der Waals surface area contributed by atoms with Crippen molar-refractivity contribution in [3.8, 4) is 0 Å². The van der Waals surface area contributed by atoms with E-state index in [1.807, 2.05) is 0 Å². The van der Waals surface area contributed by atoms with Crippen molar-refractivity contribution in [2.75, 3.05) is 11.9 Å². The van der Waals surface area contributed by atoms with Gasteiger partial charge in [0.1, 0.15) is 23.2 Å². The van der Waals surface area contributed by atoms with Crippen LogP contribution in [0.3, 0.4) is 0 Å². The van der Waals surface area contributed by atoms with Crippen molar-refractivity contribution < 1.29 is 35.0 Å². The van der Waals surface area contributed by atoms with Gasteiger partial charge in [0.05, 0.1) is 24.8 Å². The van der Waals surface area contributed by atoms with Crippen molar-refractivity contribution in [2.45, 2.75) is 37.8 Å². The molecule has 0 amide bonds. The van der Waals surface area contributed by atoms with E-state index < -0.39 is 45.3 Å². The smallest absolute Gasteiger partial charge is 0.364 e. The van der Waals surface area contributed by atoms with E-state index in [1.165, 1.54) is 30.9 Å². The molecule has 1 aliphatic carbocycles. The number of ketones is 1. The van der Waals surface area contributed by atoms with Crippen LogP contribution < -0.4 is 10.5 Å². The van der Waals surface area contributed by atoms with Crippen LogP contribution in [0.5, 0.6) is 0 Å². The first-order valence-corrected chi connectivity index (χ1v) is 12.9. The van der Waals surface area contributed by atoms with Gasteiger partial charge in [0.2, 0.25) is 0 Å². The summed E-state index contributed by atoms with van der Waals surface area (Å²) in [5, 5.41) is 7.72. The number of nitrogens with zero attached hydrogens (tertiary/aromatic N) is 3. The molecule has 3 N–H and O–H groups in total. The van der Waals surface area contributed by atoms with Gasteiger partial charge < -0.3 is 9.88 Å². The molecule has 3 aromatic rings. The lowest BCUT2D eigenvalue weighted by molar-refractivity contribution is -0.134. The molecule has 194 valence electrons. The number of carbonyl (C=O) groups is 1. The number of rotatable bonds is 9. The summed E-state index contributed by atoms with van der Waals surface area (Å²) < 4.78 is 81.2. The molecule has 0 radical (unpaired) electrons. The molecule has 0 spiro atoms. The lowest BCUT2D eigenvalue weighted by Gasteiger charge is -2.17. The molecule has 3 heterocycles. The van der Waals surface area contributed by atoms with Gasteiger partial charge in [-0.2, -0.15) is 21.6 Å². The minimum absolute atomic E-state index is 0.0448. The summed E-state index contributed by atoms with van der Waals surface area (Å²) in [5.41, 5.74) is 0.338. The molecule has 0 aliphatic heterocycles. The summed E-state index contributed by atoms with van der Waals surface area (Å²) in [4.78, 5) is 20.8. The van der Waals surface area contributed by atoms with Crippen LogP contribution in [0.4, 0.5) is 23.4 Å². The second-order valence-electron chi connectivity index (χ2n) is 8.33. The number of carbonyl (C=O) groups excluding carboxylic acids is 1. The Bertz CT molecular complexity index is 1340. The summed E-state index contributed by atoms with van der Waals surface area (Å²) in [7, 11) is -4.14. The Morgan fingerprint density at radius 2 is 2.06 bits per heavy atom. The van der Waals surface area contributed by atoms with E-state index in [0.717, 1.165) is 6.07 Å². The monoisotopic (exact) mass is 547 g/mol. The second-order valence-corrected chi connectivity index (χ2v) is 10.7. The molecular weight excluding hydrogens is 526 g/mol. The van der Waals surface area contributed by atoms with Crippen molar-refractivity contribution in [3.05, 3.63) is 64.0 Å². The van der Waals surface area contributed by atoms with Crippen molar-refractivity contribution in [1.29, 1.82) is 0 Å². The highest BCUT2D eigenvalue weighted by atomic mass is 32.2. The van der Waals surface area contributed by atoms with E-state index >= 15 is 0 Å². The highest BCUT2D eigenvalue weighted by Crippen LogP contribution is 2.35. The van der Waals surface area contributed by atoms with Crippen molar-refractivity contribution in [3.63, 3.8) is 0 Å². The normalized spacial score (nSPS) is 20.5. The lowest BCUT2D eigenvalue weighted by atomic mass is 10.1. The number of alkyl halides is 4. The molecule has 0 saturated heterocycles. The predicted molar refractivity (Wildman–Crippen MR) is 122 cm³/mol. The average Bonchev–Trinajstić information content (AvgIpc) is 3.53.